The molecular formula is C21H32N2O2. The van der Waals surface area contributed by atoms with Gasteiger partial charge in [0.1, 0.15) is 0 Å². The van der Waals surface area contributed by atoms with Gasteiger partial charge in [-0.3, -0.25) is 9.80 Å². The van der Waals surface area contributed by atoms with Gasteiger partial charge in [0.2, 0.25) is 0 Å². The molecule has 138 valence electrons. The third-order valence-electron chi connectivity index (χ3n) is 6.18. The second-order valence-corrected chi connectivity index (χ2v) is 8.32. The molecule has 0 radical (unpaired) electrons. The predicted octanol–water partition coefficient (Wildman–Crippen LogP) is 2.70. The molecule has 3 fully saturated rings. The van der Waals surface area contributed by atoms with Crippen molar-refractivity contribution in [2.24, 2.45) is 5.41 Å². The molecule has 1 atom stereocenters. The molecule has 3 saturated heterocycles. The average molecular weight is 344 g/mol. The number of benzene rings is 1. The van der Waals surface area contributed by atoms with Crippen molar-refractivity contribution in [3.8, 4) is 0 Å². The van der Waals surface area contributed by atoms with Crippen LogP contribution in [0.15, 0.2) is 24.3 Å². The topological polar surface area (TPSA) is 24.9 Å². The SMILES string of the molecule is Cc1cccc(CN2CCOC[C@]3(CCN(C4CCOCC4)C3)C2)c1. The number of ether oxygens (including phenoxy) is 2. The van der Waals surface area contributed by atoms with Crippen molar-refractivity contribution >= 4 is 0 Å². The van der Waals surface area contributed by atoms with Crippen LogP contribution in [0.25, 0.3) is 0 Å². The average Bonchev–Trinajstić information content (AvgIpc) is 2.93. The van der Waals surface area contributed by atoms with Crippen LogP contribution >= 0.6 is 0 Å². The largest absolute Gasteiger partial charge is 0.381 e. The summed E-state index contributed by atoms with van der Waals surface area (Å²) in [6.07, 6.45) is 3.67. The van der Waals surface area contributed by atoms with E-state index in [1.165, 1.54) is 50.0 Å². The number of hydrogen-bond acceptors (Lipinski definition) is 4. The van der Waals surface area contributed by atoms with E-state index in [2.05, 4.69) is 41.0 Å². The monoisotopic (exact) mass is 344 g/mol. The van der Waals surface area contributed by atoms with Crippen LogP contribution in [-0.2, 0) is 16.0 Å². The highest BCUT2D eigenvalue weighted by Gasteiger charge is 2.43. The van der Waals surface area contributed by atoms with Crippen LogP contribution in [-0.4, -0.2) is 68.4 Å². The number of rotatable bonds is 3. The Balaban J connectivity index is 1.41. The Morgan fingerprint density at radius 3 is 2.80 bits per heavy atom. The number of hydrogen-bond donors (Lipinski definition) is 0. The first kappa shape index (κ1) is 17.5. The van der Waals surface area contributed by atoms with Gasteiger partial charge in [0.05, 0.1) is 13.2 Å². The molecule has 1 spiro atoms. The maximum atomic E-state index is 6.07. The minimum absolute atomic E-state index is 0.318. The number of aryl methyl sites for hydroxylation is 1. The first-order valence-electron chi connectivity index (χ1n) is 9.90. The van der Waals surface area contributed by atoms with Gasteiger partial charge in [-0.2, -0.15) is 0 Å². The first-order valence-corrected chi connectivity index (χ1v) is 9.90. The highest BCUT2D eigenvalue weighted by molar-refractivity contribution is 5.22. The molecule has 4 nitrogen and oxygen atoms in total. The fraction of sp³-hybridized carbons (Fsp3) is 0.714. The van der Waals surface area contributed by atoms with Crippen LogP contribution in [0.2, 0.25) is 0 Å². The van der Waals surface area contributed by atoms with Crippen molar-refractivity contribution < 1.29 is 9.47 Å². The van der Waals surface area contributed by atoms with Crippen LogP contribution in [0.4, 0.5) is 0 Å². The molecule has 0 N–H and O–H groups in total. The molecule has 0 unspecified atom stereocenters. The van der Waals surface area contributed by atoms with E-state index in [0.717, 1.165) is 45.6 Å². The predicted molar refractivity (Wildman–Crippen MR) is 99.7 cm³/mol. The van der Waals surface area contributed by atoms with Gasteiger partial charge in [-0.15, -0.1) is 0 Å². The third-order valence-corrected chi connectivity index (χ3v) is 6.18. The summed E-state index contributed by atoms with van der Waals surface area (Å²) < 4.78 is 11.6. The summed E-state index contributed by atoms with van der Waals surface area (Å²) in [7, 11) is 0. The van der Waals surface area contributed by atoms with Crippen LogP contribution in [0.5, 0.6) is 0 Å². The molecule has 25 heavy (non-hydrogen) atoms. The lowest BCUT2D eigenvalue weighted by Gasteiger charge is -2.35. The molecule has 0 bridgehead atoms. The van der Waals surface area contributed by atoms with Gasteiger partial charge >= 0.3 is 0 Å². The van der Waals surface area contributed by atoms with E-state index in [9.17, 15) is 0 Å². The molecule has 0 saturated carbocycles. The van der Waals surface area contributed by atoms with Crippen molar-refractivity contribution in [3.63, 3.8) is 0 Å². The molecule has 0 aromatic heterocycles. The molecule has 3 aliphatic rings. The van der Waals surface area contributed by atoms with E-state index in [4.69, 9.17) is 9.47 Å². The maximum Gasteiger partial charge on any atom is 0.0593 e. The van der Waals surface area contributed by atoms with E-state index < -0.39 is 0 Å². The van der Waals surface area contributed by atoms with Crippen molar-refractivity contribution in [3.05, 3.63) is 35.4 Å². The van der Waals surface area contributed by atoms with Crippen LogP contribution in [0.1, 0.15) is 30.4 Å². The van der Waals surface area contributed by atoms with Gasteiger partial charge < -0.3 is 9.47 Å². The van der Waals surface area contributed by atoms with Gasteiger partial charge in [0, 0.05) is 50.8 Å². The number of nitrogens with zero attached hydrogens (tertiary/aromatic N) is 2. The normalized spacial score (nSPS) is 30.0. The Bertz CT molecular complexity index is 573. The molecule has 0 amide bonds. The molecule has 1 aromatic carbocycles. The summed E-state index contributed by atoms with van der Waals surface area (Å²) in [6.45, 7) is 11.5. The lowest BCUT2D eigenvalue weighted by Crippen LogP contribution is -2.43. The zero-order chi connectivity index (χ0) is 17.1. The summed E-state index contributed by atoms with van der Waals surface area (Å²) in [5.74, 6) is 0. The van der Waals surface area contributed by atoms with Gasteiger partial charge in [-0.25, -0.2) is 0 Å². The molecule has 3 heterocycles. The first-order chi connectivity index (χ1) is 12.2. The zero-order valence-electron chi connectivity index (χ0n) is 15.6. The quantitative estimate of drug-likeness (QED) is 0.842. The lowest BCUT2D eigenvalue weighted by atomic mass is 9.87. The Labute approximate surface area is 152 Å². The van der Waals surface area contributed by atoms with Gasteiger partial charge in [-0.1, -0.05) is 29.8 Å². The summed E-state index contributed by atoms with van der Waals surface area (Å²) in [5.41, 5.74) is 3.10. The fourth-order valence-corrected chi connectivity index (χ4v) is 4.86. The fourth-order valence-electron chi connectivity index (χ4n) is 4.86. The van der Waals surface area contributed by atoms with E-state index in [0.29, 0.717) is 5.41 Å². The summed E-state index contributed by atoms with van der Waals surface area (Å²) in [6, 6.07) is 9.66. The smallest absolute Gasteiger partial charge is 0.0593 e. The van der Waals surface area contributed by atoms with Gasteiger partial charge in [-0.05, 0) is 38.3 Å². The maximum absolute atomic E-state index is 6.07. The molecule has 4 heteroatoms. The van der Waals surface area contributed by atoms with E-state index in [1.807, 2.05) is 0 Å². The molecule has 4 rings (SSSR count). The van der Waals surface area contributed by atoms with Crippen LogP contribution < -0.4 is 0 Å². The van der Waals surface area contributed by atoms with E-state index in [1.54, 1.807) is 0 Å². The van der Waals surface area contributed by atoms with Gasteiger partial charge in [0.15, 0.2) is 0 Å². The molecular weight excluding hydrogens is 312 g/mol. The summed E-state index contributed by atoms with van der Waals surface area (Å²) in [4.78, 5) is 5.34. The Hall–Kier alpha value is -0.940. The van der Waals surface area contributed by atoms with Crippen molar-refractivity contribution in [2.75, 3.05) is 52.6 Å². The highest BCUT2D eigenvalue weighted by Crippen LogP contribution is 2.36. The zero-order valence-corrected chi connectivity index (χ0v) is 15.6. The summed E-state index contributed by atoms with van der Waals surface area (Å²) in [5, 5.41) is 0. The molecule has 0 aliphatic carbocycles. The Morgan fingerprint density at radius 2 is 1.96 bits per heavy atom. The number of likely N-dealkylation sites (tertiary alicyclic amines) is 1. The van der Waals surface area contributed by atoms with Gasteiger partial charge in [0.25, 0.3) is 0 Å². The highest BCUT2D eigenvalue weighted by atomic mass is 16.5. The molecule has 1 aromatic rings. The lowest BCUT2D eigenvalue weighted by molar-refractivity contribution is 0.0284. The Morgan fingerprint density at radius 1 is 1.08 bits per heavy atom. The minimum Gasteiger partial charge on any atom is -0.381 e. The third kappa shape index (κ3) is 4.25. The van der Waals surface area contributed by atoms with Crippen LogP contribution in [0, 0.1) is 12.3 Å². The van der Waals surface area contributed by atoms with Crippen molar-refractivity contribution in [2.45, 2.75) is 38.8 Å². The van der Waals surface area contributed by atoms with Crippen molar-refractivity contribution in [1.82, 2.24) is 9.80 Å². The second-order valence-electron chi connectivity index (χ2n) is 8.32. The van der Waals surface area contributed by atoms with Crippen molar-refractivity contribution in [1.29, 1.82) is 0 Å². The van der Waals surface area contributed by atoms with Crippen LogP contribution in [0.3, 0.4) is 0 Å². The van der Waals surface area contributed by atoms with E-state index >= 15 is 0 Å². The standard InChI is InChI=1S/C21H32N2O2/c1-18-3-2-4-19(13-18)14-22-9-12-25-17-21(15-22)7-8-23(16-21)20-5-10-24-11-6-20/h2-4,13,20H,5-12,14-17H2,1H3/t21-/m1/s1. The summed E-state index contributed by atoms with van der Waals surface area (Å²) >= 11 is 0. The molecule has 3 aliphatic heterocycles. The Kier molecular flexibility index (Phi) is 5.41. The minimum atomic E-state index is 0.318. The second kappa shape index (κ2) is 7.75. The van der Waals surface area contributed by atoms with E-state index in [-0.39, 0.29) is 0 Å².